The first-order valence-electron chi connectivity index (χ1n) is 6.30. The molecule has 0 radical (unpaired) electrons. The summed E-state index contributed by atoms with van der Waals surface area (Å²) in [6.07, 6.45) is 0. The fourth-order valence-electron chi connectivity index (χ4n) is 2.15. The third-order valence-corrected chi connectivity index (χ3v) is 4.03. The number of imidazole rings is 1. The molecule has 0 fully saturated rings. The molecule has 0 atom stereocenters. The van der Waals surface area contributed by atoms with Crippen molar-refractivity contribution in [1.82, 2.24) is 15.0 Å². The van der Waals surface area contributed by atoms with Crippen molar-refractivity contribution in [2.24, 2.45) is 7.05 Å². The average Bonchev–Trinajstić information content (AvgIpc) is 2.73. The van der Waals surface area contributed by atoms with Gasteiger partial charge in [0.1, 0.15) is 5.75 Å². The van der Waals surface area contributed by atoms with Gasteiger partial charge in [0.2, 0.25) is 0 Å². The summed E-state index contributed by atoms with van der Waals surface area (Å²) in [7, 11) is 2.03. The van der Waals surface area contributed by atoms with Crippen LogP contribution in [0.25, 0.3) is 11.0 Å². The summed E-state index contributed by atoms with van der Waals surface area (Å²) < 4.78 is 2.12. The third-order valence-electron chi connectivity index (χ3n) is 3.14. The second-order valence-electron chi connectivity index (χ2n) is 4.63. The Kier molecular flexibility index (Phi) is 3.31. The minimum atomic E-state index is -0.110. The van der Waals surface area contributed by atoms with Gasteiger partial charge in [-0.3, -0.25) is 4.79 Å². The molecule has 1 aromatic carbocycles. The first kappa shape index (κ1) is 12.9. The molecule has 0 spiro atoms. The fraction of sp³-hybridized carbons (Fsp3) is 0.214. The number of rotatable bonds is 3. The summed E-state index contributed by atoms with van der Waals surface area (Å²) in [5, 5.41) is 0.647. The second kappa shape index (κ2) is 5.13. The highest BCUT2D eigenvalue weighted by atomic mass is 32.2. The molecule has 3 aromatic rings. The van der Waals surface area contributed by atoms with Crippen LogP contribution in [0.2, 0.25) is 0 Å². The first-order chi connectivity index (χ1) is 9.63. The molecule has 2 heterocycles. The SMILES string of the molecule is Cc1cc(=O)[nH]c(SCc2[nH]c3ccccc3[n+]2C)n1. The Morgan fingerprint density at radius 1 is 1.30 bits per heavy atom. The lowest BCUT2D eigenvalue weighted by atomic mass is 10.3. The van der Waals surface area contributed by atoms with Gasteiger partial charge in [-0.05, 0) is 19.1 Å². The quantitative estimate of drug-likeness (QED) is 0.437. The lowest BCUT2D eigenvalue weighted by molar-refractivity contribution is -0.651. The van der Waals surface area contributed by atoms with Gasteiger partial charge in [0.15, 0.2) is 16.2 Å². The second-order valence-corrected chi connectivity index (χ2v) is 5.59. The molecule has 0 aliphatic rings. The van der Waals surface area contributed by atoms with Crippen LogP contribution in [0.4, 0.5) is 0 Å². The molecule has 20 heavy (non-hydrogen) atoms. The van der Waals surface area contributed by atoms with Crippen LogP contribution in [0.15, 0.2) is 40.3 Å². The van der Waals surface area contributed by atoms with Gasteiger partial charge in [-0.25, -0.2) is 14.5 Å². The third kappa shape index (κ3) is 2.46. The summed E-state index contributed by atoms with van der Waals surface area (Å²) in [5.41, 5.74) is 2.89. The Morgan fingerprint density at radius 3 is 2.85 bits per heavy atom. The van der Waals surface area contributed by atoms with Crippen LogP contribution in [-0.2, 0) is 12.8 Å². The highest BCUT2D eigenvalue weighted by Crippen LogP contribution is 2.17. The summed E-state index contributed by atoms with van der Waals surface area (Å²) >= 11 is 1.51. The van der Waals surface area contributed by atoms with Crippen LogP contribution in [0.5, 0.6) is 0 Å². The maximum Gasteiger partial charge on any atom is 0.265 e. The molecule has 102 valence electrons. The topological polar surface area (TPSA) is 65.4 Å². The maximum atomic E-state index is 11.4. The number of para-hydroxylation sites is 2. The number of thioether (sulfide) groups is 1. The minimum Gasteiger partial charge on any atom is -0.301 e. The Balaban J connectivity index is 1.86. The molecule has 0 saturated carbocycles. The Hall–Kier alpha value is -2.08. The summed E-state index contributed by atoms with van der Waals surface area (Å²) in [4.78, 5) is 21.9. The summed E-state index contributed by atoms with van der Waals surface area (Å²) in [6, 6.07) is 9.65. The number of benzene rings is 1. The molecule has 0 aliphatic carbocycles. The van der Waals surface area contributed by atoms with Crippen LogP contribution in [-0.4, -0.2) is 15.0 Å². The van der Waals surface area contributed by atoms with Gasteiger partial charge >= 0.3 is 0 Å². The van der Waals surface area contributed by atoms with Crippen molar-refractivity contribution in [1.29, 1.82) is 0 Å². The number of aromatic nitrogens is 4. The normalized spacial score (nSPS) is 11.1. The standard InChI is InChI=1S/C14H14N4OS/c1-9-7-13(19)17-14(15-9)20-8-12-16-10-5-3-4-6-11(10)18(12)2/h3-7H,8H2,1-2H3,(H,15,17,19)/p+1. The molecule has 0 amide bonds. The van der Waals surface area contributed by atoms with E-state index in [4.69, 9.17) is 0 Å². The van der Waals surface area contributed by atoms with Crippen molar-refractivity contribution in [3.8, 4) is 0 Å². The highest BCUT2D eigenvalue weighted by molar-refractivity contribution is 7.98. The summed E-state index contributed by atoms with van der Waals surface area (Å²) in [6.45, 7) is 1.82. The van der Waals surface area contributed by atoms with Gasteiger partial charge in [-0.2, -0.15) is 0 Å². The zero-order valence-corrected chi connectivity index (χ0v) is 12.1. The van der Waals surface area contributed by atoms with Gasteiger partial charge in [0.05, 0.1) is 7.05 Å². The van der Waals surface area contributed by atoms with E-state index in [2.05, 4.69) is 31.7 Å². The number of aromatic amines is 2. The number of H-pyrrole nitrogens is 2. The molecule has 2 aromatic heterocycles. The lowest BCUT2D eigenvalue weighted by Gasteiger charge is -1.99. The van der Waals surface area contributed by atoms with E-state index in [1.54, 1.807) is 0 Å². The smallest absolute Gasteiger partial charge is 0.265 e. The Bertz CT molecular complexity index is 821. The van der Waals surface area contributed by atoms with Crippen molar-refractivity contribution in [2.45, 2.75) is 17.8 Å². The van der Waals surface area contributed by atoms with Gasteiger partial charge in [-0.1, -0.05) is 23.9 Å². The number of hydrogen-bond donors (Lipinski definition) is 2. The highest BCUT2D eigenvalue weighted by Gasteiger charge is 2.15. The predicted molar refractivity (Wildman–Crippen MR) is 78.6 cm³/mol. The average molecular weight is 287 g/mol. The van der Waals surface area contributed by atoms with E-state index < -0.39 is 0 Å². The van der Waals surface area contributed by atoms with Crippen LogP contribution < -0.4 is 10.1 Å². The number of fused-ring (bicyclic) bond motifs is 1. The monoisotopic (exact) mass is 287 g/mol. The maximum absolute atomic E-state index is 11.4. The molecule has 0 aliphatic heterocycles. The molecule has 0 bridgehead atoms. The van der Waals surface area contributed by atoms with E-state index in [9.17, 15) is 4.79 Å². The molecule has 0 saturated heterocycles. The molecular formula is C14H15N4OS+. The van der Waals surface area contributed by atoms with Crippen molar-refractivity contribution in [2.75, 3.05) is 0 Å². The minimum absolute atomic E-state index is 0.110. The van der Waals surface area contributed by atoms with Crippen molar-refractivity contribution in [3.05, 3.63) is 52.2 Å². The van der Waals surface area contributed by atoms with Crippen LogP contribution in [0.1, 0.15) is 11.5 Å². The van der Waals surface area contributed by atoms with E-state index in [0.29, 0.717) is 5.16 Å². The van der Waals surface area contributed by atoms with E-state index in [1.807, 2.05) is 26.1 Å². The van der Waals surface area contributed by atoms with Crippen molar-refractivity contribution < 1.29 is 4.57 Å². The number of nitrogens with one attached hydrogen (secondary N) is 2. The van der Waals surface area contributed by atoms with E-state index in [-0.39, 0.29) is 5.56 Å². The summed E-state index contributed by atoms with van der Waals surface area (Å²) in [5.74, 6) is 1.80. The Morgan fingerprint density at radius 2 is 2.10 bits per heavy atom. The zero-order chi connectivity index (χ0) is 14.1. The Labute approximate surface area is 120 Å². The molecule has 0 unspecified atom stereocenters. The number of hydrogen-bond acceptors (Lipinski definition) is 3. The van der Waals surface area contributed by atoms with Crippen molar-refractivity contribution in [3.63, 3.8) is 0 Å². The molecular weight excluding hydrogens is 272 g/mol. The van der Waals surface area contributed by atoms with Crippen molar-refractivity contribution >= 4 is 22.8 Å². The van der Waals surface area contributed by atoms with Crippen LogP contribution >= 0.6 is 11.8 Å². The predicted octanol–water partition coefficient (Wildman–Crippen LogP) is 1.68. The molecule has 2 N–H and O–H groups in total. The van der Waals surface area contributed by atoms with Crippen LogP contribution in [0, 0.1) is 6.92 Å². The first-order valence-corrected chi connectivity index (χ1v) is 7.28. The zero-order valence-electron chi connectivity index (χ0n) is 11.3. The van der Waals surface area contributed by atoms with E-state index in [1.165, 1.54) is 17.8 Å². The lowest BCUT2D eigenvalue weighted by Crippen LogP contribution is -2.31. The van der Waals surface area contributed by atoms with Crippen LogP contribution in [0.3, 0.4) is 0 Å². The van der Waals surface area contributed by atoms with Gasteiger partial charge < -0.3 is 4.98 Å². The van der Waals surface area contributed by atoms with E-state index in [0.717, 1.165) is 28.3 Å². The number of aryl methyl sites for hydroxylation is 2. The molecule has 6 heteroatoms. The van der Waals surface area contributed by atoms with Gasteiger partial charge in [0.25, 0.3) is 11.4 Å². The number of nitrogens with zero attached hydrogens (tertiary/aromatic N) is 2. The van der Waals surface area contributed by atoms with Gasteiger partial charge in [0, 0.05) is 11.8 Å². The molecule has 3 rings (SSSR count). The van der Waals surface area contributed by atoms with E-state index >= 15 is 0 Å². The fourth-order valence-corrected chi connectivity index (χ4v) is 3.07. The molecule has 5 nitrogen and oxygen atoms in total. The largest absolute Gasteiger partial charge is 0.301 e. The van der Waals surface area contributed by atoms with Gasteiger partial charge in [-0.15, -0.1) is 0 Å².